The topological polar surface area (TPSA) is 96.8 Å². The Kier molecular flexibility index (Phi) is 5.24. The molecule has 1 aromatic carbocycles. The second-order valence-electron chi connectivity index (χ2n) is 6.17. The van der Waals surface area contributed by atoms with Crippen molar-refractivity contribution in [2.45, 2.75) is 13.5 Å². The molecule has 0 bridgehead atoms. The Morgan fingerprint density at radius 2 is 1.97 bits per heavy atom. The predicted octanol–water partition coefficient (Wildman–Crippen LogP) is 2.95. The quantitative estimate of drug-likeness (QED) is 0.515. The number of hydrogen-bond acceptors (Lipinski definition) is 6. The molecule has 0 unspecified atom stereocenters. The van der Waals surface area contributed by atoms with Crippen LogP contribution < -0.4 is 16.6 Å². The zero-order chi connectivity index (χ0) is 20.4. The van der Waals surface area contributed by atoms with Crippen molar-refractivity contribution in [1.29, 1.82) is 0 Å². The highest BCUT2D eigenvalue weighted by atomic mass is 32.1. The van der Waals surface area contributed by atoms with Gasteiger partial charge in [0.25, 0.3) is 11.5 Å². The van der Waals surface area contributed by atoms with E-state index < -0.39 is 17.2 Å². The van der Waals surface area contributed by atoms with Gasteiger partial charge < -0.3 is 10.3 Å². The fourth-order valence-corrected chi connectivity index (χ4v) is 4.60. The summed E-state index contributed by atoms with van der Waals surface area (Å²) >= 11 is 3.11. The first kappa shape index (κ1) is 19.0. The van der Waals surface area contributed by atoms with Crippen molar-refractivity contribution in [3.8, 4) is 15.6 Å². The number of thiazole rings is 1. The second-order valence-corrected chi connectivity index (χ2v) is 8.20. The van der Waals surface area contributed by atoms with Gasteiger partial charge in [0.2, 0.25) is 0 Å². The van der Waals surface area contributed by atoms with Gasteiger partial charge >= 0.3 is 5.69 Å². The van der Waals surface area contributed by atoms with Gasteiger partial charge in [-0.3, -0.25) is 9.59 Å². The normalized spacial score (nSPS) is 10.8. The summed E-state index contributed by atoms with van der Waals surface area (Å²) < 4.78 is 0.946. The lowest BCUT2D eigenvalue weighted by atomic mass is 10.2. The van der Waals surface area contributed by atoms with Crippen LogP contribution in [0, 0.1) is 6.92 Å². The fourth-order valence-electron chi connectivity index (χ4n) is 2.80. The van der Waals surface area contributed by atoms with E-state index in [9.17, 15) is 14.4 Å². The lowest BCUT2D eigenvalue weighted by Crippen LogP contribution is -2.39. The molecule has 2 N–H and O–H groups in total. The van der Waals surface area contributed by atoms with Gasteiger partial charge in [-0.25, -0.2) is 14.3 Å². The molecule has 0 spiro atoms. The Morgan fingerprint density at radius 1 is 1.17 bits per heavy atom. The van der Waals surface area contributed by atoms with Gasteiger partial charge in [0.15, 0.2) is 0 Å². The largest absolute Gasteiger partial charge is 0.347 e. The molecule has 3 heterocycles. The van der Waals surface area contributed by atoms with E-state index in [0.29, 0.717) is 5.69 Å². The van der Waals surface area contributed by atoms with Gasteiger partial charge in [-0.15, -0.1) is 22.7 Å². The van der Waals surface area contributed by atoms with E-state index in [1.807, 2.05) is 24.4 Å². The number of para-hydroxylation sites is 1. The van der Waals surface area contributed by atoms with E-state index in [-0.39, 0.29) is 12.1 Å². The molecule has 0 aliphatic heterocycles. The Hall–Kier alpha value is -3.30. The molecule has 29 heavy (non-hydrogen) atoms. The SMILES string of the molecule is Cc1nc(-c2cccs2)sc1CNC(=O)c1c[nH]c(=O)n(-c2ccccc2)c1=O. The minimum absolute atomic E-state index is 0.130. The fraction of sp³-hybridized carbons (Fsp3) is 0.100. The smallest absolute Gasteiger partial charge is 0.333 e. The molecule has 4 aromatic rings. The Bertz CT molecular complexity index is 1270. The number of hydrogen-bond donors (Lipinski definition) is 2. The van der Waals surface area contributed by atoms with Gasteiger partial charge in [0, 0.05) is 11.1 Å². The van der Waals surface area contributed by atoms with Crippen molar-refractivity contribution in [2.75, 3.05) is 0 Å². The van der Waals surface area contributed by atoms with Crippen molar-refractivity contribution < 1.29 is 4.79 Å². The average Bonchev–Trinajstić information content (AvgIpc) is 3.37. The number of aromatic nitrogens is 3. The third kappa shape index (κ3) is 3.82. The lowest BCUT2D eigenvalue weighted by Gasteiger charge is -2.07. The number of aromatic amines is 1. The van der Waals surface area contributed by atoms with Crippen LogP contribution in [0.3, 0.4) is 0 Å². The Morgan fingerprint density at radius 3 is 2.69 bits per heavy atom. The van der Waals surface area contributed by atoms with Gasteiger partial charge in [-0.05, 0) is 30.5 Å². The van der Waals surface area contributed by atoms with E-state index in [4.69, 9.17) is 0 Å². The molecule has 0 saturated heterocycles. The van der Waals surface area contributed by atoms with E-state index in [2.05, 4.69) is 15.3 Å². The molecular formula is C20H16N4O3S2. The number of rotatable bonds is 5. The molecule has 0 saturated carbocycles. The summed E-state index contributed by atoms with van der Waals surface area (Å²) in [7, 11) is 0. The van der Waals surface area contributed by atoms with E-state index in [1.54, 1.807) is 41.7 Å². The minimum Gasteiger partial charge on any atom is -0.347 e. The second kappa shape index (κ2) is 7.98. The number of benzene rings is 1. The maximum absolute atomic E-state index is 12.7. The van der Waals surface area contributed by atoms with Crippen molar-refractivity contribution in [2.24, 2.45) is 0 Å². The van der Waals surface area contributed by atoms with Crippen LogP contribution in [0.5, 0.6) is 0 Å². The molecular weight excluding hydrogens is 408 g/mol. The summed E-state index contributed by atoms with van der Waals surface area (Å²) in [5.74, 6) is -0.554. The first-order chi connectivity index (χ1) is 14.0. The van der Waals surface area contributed by atoms with Crippen LogP contribution in [0.15, 0.2) is 63.6 Å². The summed E-state index contributed by atoms with van der Waals surface area (Å²) in [6, 6.07) is 12.4. The summed E-state index contributed by atoms with van der Waals surface area (Å²) in [5.41, 5.74) is -0.169. The number of amides is 1. The standard InChI is InChI=1S/C20H16N4O3S2/c1-12-16(29-18(23-12)15-8-5-9-28-15)11-21-17(25)14-10-22-20(27)24(19(14)26)13-6-3-2-4-7-13/h2-10H,11H2,1H3,(H,21,25)(H,22,27). The van der Waals surface area contributed by atoms with Crippen LogP contribution in [0.25, 0.3) is 15.6 Å². The number of thiophene rings is 1. The van der Waals surface area contributed by atoms with Crippen LogP contribution in [0.1, 0.15) is 20.9 Å². The number of H-pyrrole nitrogens is 1. The van der Waals surface area contributed by atoms with Gasteiger partial charge in [-0.2, -0.15) is 0 Å². The monoisotopic (exact) mass is 424 g/mol. The number of nitrogens with one attached hydrogen (secondary N) is 2. The van der Waals surface area contributed by atoms with E-state index >= 15 is 0 Å². The summed E-state index contributed by atoms with van der Waals surface area (Å²) in [4.78, 5) is 46.5. The Labute approximate surface area is 173 Å². The number of carbonyl (C=O) groups is 1. The number of aryl methyl sites for hydroxylation is 1. The number of nitrogens with zero attached hydrogens (tertiary/aromatic N) is 2. The van der Waals surface area contributed by atoms with Gasteiger partial charge in [0.05, 0.1) is 22.8 Å². The van der Waals surface area contributed by atoms with Crippen molar-refractivity contribution >= 4 is 28.6 Å². The Balaban J connectivity index is 1.57. The molecule has 0 atom stereocenters. The van der Waals surface area contributed by atoms with Crippen LogP contribution in [0.2, 0.25) is 0 Å². The van der Waals surface area contributed by atoms with Crippen LogP contribution in [-0.2, 0) is 6.54 Å². The van der Waals surface area contributed by atoms with Crippen LogP contribution in [0.4, 0.5) is 0 Å². The molecule has 146 valence electrons. The van der Waals surface area contributed by atoms with Crippen molar-refractivity contribution in [1.82, 2.24) is 19.9 Å². The molecule has 1 amide bonds. The zero-order valence-corrected chi connectivity index (χ0v) is 17.0. The molecule has 3 aromatic heterocycles. The molecule has 0 fully saturated rings. The summed E-state index contributed by atoms with van der Waals surface area (Å²) in [6.45, 7) is 2.13. The first-order valence-electron chi connectivity index (χ1n) is 8.73. The minimum atomic E-state index is -0.669. The maximum Gasteiger partial charge on any atom is 0.333 e. The summed E-state index contributed by atoms with van der Waals surface area (Å²) in [6.07, 6.45) is 1.15. The third-order valence-corrected chi connectivity index (χ3v) is 6.47. The molecule has 0 aliphatic carbocycles. The van der Waals surface area contributed by atoms with Crippen LogP contribution in [-0.4, -0.2) is 20.4 Å². The third-order valence-electron chi connectivity index (χ3n) is 4.27. The van der Waals surface area contributed by atoms with Gasteiger partial charge in [0.1, 0.15) is 10.6 Å². The van der Waals surface area contributed by atoms with Crippen molar-refractivity contribution in [3.05, 3.63) is 91.0 Å². The highest BCUT2D eigenvalue weighted by Crippen LogP contribution is 2.30. The lowest BCUT2D eigenvalue weighted by molar-refractivity contribution is 0.0949. The molecule has 9 heteroatoms. The zero-order valence-electron chi connectivity index (χ0n) is 15.3. The first-order valence-corrected chi connectivity index (χ1v) is 10.4. The van der Waals surface area contributed by atoms with Crippen LogP contribution >= 0.6 is 22.7 Å². The maximum atomic E-state index is 12.7. The van der Waals surface area contributed by atoms with Crippen molar-refractivity contribution in [3.63, 3.8) is 0 Å². The highest BCUT2D eigenvalue weighted by molar-refractivity contribution is 7.21. The van der Waals surface area contributed by atoms with E-state index in [0.717, 1.165) is 31.2 Å². The molecule has 0 radical (unpaired) electrons. The predicted molar refractivity (Wildman–Crippen MR) is 114 cm³/mol. The van der Waals surface area contributed by atoms with Gasteiger partial charge in [-0.1, -0.05) is 24.3 Å². The molecule has 0 aliphatic rings. The summed E-state index contributed by atoms with van der Waals surface area (Å²) in [5, 5.41) is 5.64. The highest BCUT2D eigenvalue weighted by Gasteiger charge is 2.17. The molecule has 7 nitrogen and oxygen atoms in total. The average molecular weight is 425 g/mol. The number of carbonyl (C=O) groups excluding carboxylic acids is 1. The molecule has 4 rings (SSSR count). The van der Waals surface area contributed by atoms with E-state index in [1.165, 1.54) is 11.3 Å².